The summed E-state index contributed by atoms with van der Waals surface area (Å²) in [5.41, 5.74) is 0. The summed E-state index contributed by atoms with van der Waals surface area (Å²) in [6, 6.07) is 0. The molecule has 1 atom stereocenters. The van der Waals surface area contributed by atoms with Crippen molar-refractivity contribution in [2.75, 3.05) is 19.2 Å². The lowest BCUT2D eigenvalue weighted by molar-refractivity contribution is 0.0147. The van der Waals surface area contributed by atoms with E-state index in [0.29, 0.717) is 0 Å². The van der Waals surface area contributed by atoms with Gasteiger partial charge in [-0.1, -0.05) is 0 Å². The molecule has 0 aliphatic rings. The van der Waals surface area contributed by atoms with Crippen LogP contribution in [0.4, 0.5) is 0 Å². The number of aliphatic hydroxyl groups is 1. The largest absolute Gasteiger partial charge is 0.394 e. The molecule has 0 aromatic carbocycles. The molecule has 0 rings (SSSR count). The highest BCUT2D eigenvalue weighted by Crippen LogP contribution is 1.94. The van der Waals surface area contributed by atoms with Gasteiger partial charge in [0.2, 0.25) is 0 Å². The van der Waals surface area contributed by atoms with Gasteiger partial charge in [-0.05, 0) is 12.9 Å². The highest BCUT2D eigenvalue weighted by Gasteiger charge is 2.04. The Morgan fingerprint density at radius 3 is 2.56 bits per heavy atom. The van der Waals surface area contributed by atoms with Crippen LogP contribution in [0.3, 0.4) is 0 Å². The van der Waals surface area contributed by atoms with Crippen molar-refractivity contribution in [3.63, 3.8) is 0 Å². The van der Waals surface area contributed by atoms with Crippen molar-refractivity contribution in [3.05, 3.63) is 0 Å². The minimum atomic E-state index is -0.306. The fourth-order valence-electron chi connectivity index (χ4n) is 0.342. The summed E-state index contributed by atoms with van der Waals surface area (Å²) in [7, 11) is 0. The quantitative estimate of drug-likeness (QED) is 0.311. The minimum Gasteiger partial charge on any atom is -0.394 e. The predicted octanol–water partition coefficient (Wildman–Crippen LogP) is 0.113. The summed E-state index contributed by atoms with van der Waals surface area (Å²) in [6.45, 7) is 0.210. The third kappa shape index (κ3) is 5.05. The molecule has 0 fully saturated rings. The van der Waals surface area contributed by atoms with Crippen LogP contribution < -0.4 is 0 Å². The summed E-state index contributed by atoms with van der Waals surface area (Å²) >= 11 is 7.28. The molecule has 0 aliphatic heterocycles. The van der Waals surface area contributed by atoms with Gasteiger partial charge in [0.1, 0.15) is 6.10 Å². The Hall–Kier alpha value is 0.580. The molecule has 0 radical (unpaired) electrons. The van der Waals surface area contributed by atoms with Crippen molar-refractivity contribution >= 4 is 25.5 Å². The molecular formula is C4H10O3S2. The average molecular weight is 170 g/mol. The molecule has 0 amide bonds. The normalized spacial score (nSPS) is 13.7. The van der Waals surface area contributed by atoms with Crippen molar-refractivity contribution in [1.29, 1.82) is 0 Å². The Morgan fingerprint density at radius 2 is 2.22 bits per heavy atom. The first-order valence-electron chi connectivity index (χ1n) is 2.44. The topological polar surface area (TPSA) is 38.7 Å². The number of hydrogen-bond donors (Lipinski definition) is 3. The average Bonchev–Trinajstić information content (AvgIpc) is 1.88. The molecule has 0 aromatic rings. The standard InChI is InChI=1S/C4H10O3S2/c5-1-4(2-7-9)6-3-8/h4-5,8-9H,1-3H2. The summed E-state index contributed by atoms with van der Waals surface area (Å²) in [4.78, 5) is 0. The van der Waals surface area contributed by atoms with E-state index in [9.17, 15) is 0 Å². The van der Waals surface area contributed by atoms with Gasteiger partial charge in [0.05, 0.1) is 19.2 Å². The summed E-state index contributed by atoms with van der Waals surface area (Å²) in [5.74, 6) is 0.280. The van der Waals surface area contributed by atoms with Crippen molar-refractivity contribution in [1.82, 2.24) is 0 Å². The zero-order valence-electron chi connectivity index (χ0n) is 4.86. The van der Waals surface area contributed by atoms with Crippen molar-refractivity contribution in [2.24, 2.45) is 0 Å². The van der Waals surface area contributed by atoms with E-state index in [1.165, 1.54) is 0 Å². The lowest BCUT2D eigenvalue weighted by Gasteiger charge is -2.10. The van der Waals surface area contributed by atoms with Gasteiger partial charge in [-0.25, -0.2) is 0 Å². The van der Waals surface area contributed by atoms with E-state index in [4.69, 9.17) is 9.84 Å². The second-order valence-corrected chi connectivity index (χ2v) is 1.91. The second-order valence-electron chi connectivity index (χ2n) is 1.40. The molecule has 0 spiro atoms. The molecule has 3 nitrogen and oxygen atoms in total. The maximum atomic E-state index is 8.52. The number of thiol groups is 2. The van der Waals surface area contributed by atoms with Gasteiger partial charge in [0.25, 0.3) is 0 Å². The van der Waals surface area contributed by atoms with Crippen LogP contribution in [-0.2, 0) is 8.92 Å². The first-order valence-corrected chi connectivity index (χ1v) is 3.44. The van der Waals surface area contributed by atoms with Gasteiger partial charge in [0, 0.05) is 0 Å². The molecule has 9 heavy (non-hydrogen) atoms. The molecule has 56 valence electrons. The molecule has 0 saturated heterocycles. The van der Waals surface area contributed by atoms with E-state index in [1.54, 1.807) is 0 Å². The van der Waals surface area contributed by atoms with E-state index in [-0.39, 0.29) is 25.3 Å². The Kier molecular flexibility index (Phi) is 7.13. The number of rotatable bonds is 5. The van der Waals surface area contributed by atoms with E-state index in [2.05, 4.69) is 29.7 Å². The number of aliphatic hydroxyl groups excluding tert-OH is 1. The summed E-state index contributed by atoms with van der Waals surface area (Å²) < 4.78 is 9.29. The first-order chi connectivity index (χ1) is 4.35. The molecule has 0 saturated carbocycles. The van der Waals surface area contributed by atoms with Crippen molar-refractivity contribution in [2.45, 2.75) is 6.10 Å². The lowest BCUT2D eigenvalue weighted by atomic mass is 10.4. The maximum absolute atomic E-state index is 8.52. The lowest BCUT2D eigenvalue weighted by Crippen LogP contribution is -2.21. The Balaban J connectivity index is 3.18. The van der Waals surface area contributed by atoms with E-state index in [1.807, 2.05) is 0 Å². The molecule has 1 unspecified atom stereocenters. The molecule has 1 N–H and O–H groups in total. The van der Waals surface area contributed by atoms with Gasteiger partial charge >= 0.3 is 0 Å². The van der Waals surface area contributed by atoms with Crippen LogP contribution in [0.1, 0.15) is 0 Å². The van der Waals surface area contributed by atoms with Crippen molar-refractivity contribution in [3.8, 4) is 0 Å². The van der Waals surface area contributed by atoms with Gasteiger partial charge < -0.3 is 14.0 Å². The zero-order valence-corrected chi connectivity index (χ0v) is 6.65. The smallest absolute Gasteiger partial charge is 0.106 e. The van der Waals surface area contributed by atoms with E-state index < -0.39 is 0 Å². The molecule has 5 heteroatoms. The van der Waals surface area contributed by atoms with Gasteiger partial charge in [0.15, 0.2) is 0 Å². The first kappa shape index (κ1) is 9.58. The Bertz CT molecular complexity index is 55.8. The summed E-state index contributed by atoms with van der Waals surface area (Å²) in [6.07, 6.45) is -0.306. The zero-order chi connectivity index (χ0) is 7.11. The fourth-order valence-corrected chi connectivity index (χ4v) is 0.719. The molecule has 0 aliphatic carbocycles. The predicted molar refractivity (Wildman–Crippen MR) is 40.7 cm³/mol. The SMILES string of the molecule is OCC(COS)OCS. The second kappa shape index (κ2) is 6.70. The molecule has 0 heterocycles. The molecular weight excluding hydrogens is 160 g/mol. The molecule has 0 aromatic heterocycles. The van der Waals surface area contributed by atoms with Crippen LogP contribution in [0.2, 0.25) is 0 Å². The fraction of sp³-hybridized carbons (Fsp3) is 1.00. The molecule has 0 bridgehead atoms. The van der Waals surface area contributed by atoms with Gasteiger partial charge in [-0.2, -0.15) is 12.6 Å². The minimum absolute atomic E-state index is 0.0683. The van der Waals surface area contributed by atoms with Gasteiger partial charge in [-0.15, -0.1) is 0 Å². The van der Waals surface area contributed by atoms with Crippen LogP contribution in [0.15, 0.2) is 0 Å². The van der Waals surface area contributed by atoms with Crippen LogP contribution in [0, 0.1) is 0 Å². The van der Waals surface area contributed by atoms with Gasteiger partial charge in [-0.3, -0.25) is 0 Å². The highest BCUT2D eigenvalue weighted by molar-refractivity contribution is 7.80. The van der Waals surface area contributed by atoms with Crippen LogP contribution >= 0.6 is 25.5 Å². The third-order valence-corrected chi connectivity index (χ3v) is 1.07. The van der Waals surface area contributed by atoms with E-state index >= 15 is 0 Å². The Labute approximate surface area is 65.4 Å². The Morgan fingerprint density at radius 1 is 1.56 bits per heavy atom. The summed E-state index contributed by atoms with van der Waals surface area (Å²) in [5, 5.41) is 8.52. The highest BCUT2D eigenvalue weighted by atomic mass is 32.1. The maximum Gasteiger partial charge on any atom is 0.106 e. The third-order valence-electron chi connectivity index (χ3n) is 0.774. The van der Waals surface area contributed by atoms with Crippen LogP contribution in [0.5, 0.6) is 0 Å². The number of hydrogen-bond acceptors (Lipinski definition) is 5. The monoisotopic (exact) mass is 170 g/mol. The van der Waals surface area contributed by atoms with E-state index in [0.717, 1.165) is 0 Å². The van der Waals surface area contributed by atoms with Crippen molar-refractivity contribution < 1.29 is 14.0 Å². The van der Waals surface area contributed by atoms with Crippen LogP contribution in [0.25, 0.3) is 0 Å². The number of ether oxygens (including phenoxy) is 1. The van der Waals surface area contributed by atoms with Crippen LogP contribution in [-0.4, -0.2) is 30.4 Å².